The zero-order valence-corrected chi connectivity index (χ0v) is 8.52. The number of hydrogen-bond donors (Lipinski definition) is 3. The summed E-state index contributed by atoms with van der Waals surface area (Å²) in [5.74, 6) is 0. The van der Waals surface area contributed by atoms with E-state index in [1.165, 1.54) is 0 Å². The second kappa shape index (κ2) is 2.12. The summed E-state index contributed by atoms with van der Waals surface area (Å²) in [6.45, 7) is 0. The van der Waals surface area contributed by atoms with Gasteiger partial charge in [-0.1, -0.05) is 0 Å². The van der Waals surface area contributed by atoms with Crippen LogP contribution < -0.4 is 0 Å². The van der Waals surface area contributed by atoms with Crippen LogP contribution in [0.3, 0.4) is 0 Å². The molecule has 0 radical (unpaired) electrons. The van der Waals surface area contributed by atoms with Crippen molar-refractivity contribution in [2.45, 2.75) is 61.6 Å². The van der Waals surface area contributed by atoms with Crippen LogP contribution in [0, 0.1) is 5.41 Å². The number of hydrogen-bond acceptors (Lipinski definition) is 4. The summed E-state index contributed by atoms with van der Waals surface area (Å²) in [5, 5.41) is 30.0. The molecule has 3 saturated carbocycles. The Kier molecular flexibility index (Phi) is 1.26. The normalized spacial score (nSPS) is 57.4. The maximum atomic E-state index is 10.2. The van der Waals surface area contributed by atoms with E-state index in [-0.39, 0.29) is 5.41 Å². The predicted octanol–water partition coefficient (Wildman–Crippen LogP) is -0.445. The van der Waals surface area contributed by atoms with Gasteiger partial charge in [0.25, 0.3) is 0 Å². The molecule has 3 aliphatic carbocycles. The first-order valence-electron chi connectivity index (χ1n) is 5.81. The van der Waals surface area contributed by atoms with Crippen LogP contribution in [-0.2, 0) is 4.74 Å². The molecule has 1 aliphatic heterocycles. The molecule has 4 fully saturated rings. The Morgan fingerprint density at radius 1 is 0.933 bits per heavy atom. The highest BCUT2D eigenvalue weighted by molar-refractivity contribution is 5.31. The Labute approximate surface area is 87.9 Å². The maximum absolute atomic E-state index is 10.2. The van der Waals surface area contributed by atoms with E-state index in [0.717, 1.165) is 25.7 Å². The smallest absolute Gasteiger partial charge is 0.109 e. The summed E-state index contributed by atoms with van der Waals surface area (Å²) < 4.78 is 6.00. The van der Waals surface area contributed by atoms with E-state index in [0.29, 0.717) is 6.42 Å². The second-order valence-electron chi connectivity index (χ2n) is 5.82. The standard InChI is InChI=1S/C11H16O4/c12-6-5-11(6)9(1-2-9)7(13)8(14)10(15-11)3-4-10/h6-8,12-14H,1-5H2/t6-,7+,8+,11-/m0/s1. The van der Waals surface area contributed by atoms with Gasteiger partial charge in [-0.2, -0.15) is 0 Å². The molecule has 3 spiro atoms. The Balaban J connectivity index is 1.76. The lowest BCUT2D eigenvalue weighted by atomic mass is 9.80. The molecule has 15 heavy (non-hydrogen) atoms. The first-order valence-corrected chi connectivity index (χ1v) is 5.81. The van der Waals surface area contributed by atoms with Gasteiger partial charge in [0.2, 0.25) is 0 Å². The van der Waals surface area contributed by atoms with Crippen molar-refractivity contribution < 1.29 is 20.1 Å². The van der Waals surface area contributed by atoms with Crippen molar-refractivity contribution in [3.05, 3.63) is 0 Å². The quantitative estimate of drug-likeness (QED) is 0.509. The number of fused-ring (bicyclic) bond motifs is 1. The molecule has 3 N–H and O–H groups in total. The van der Waals surface area contributed by atoms with Crippen LogP contribution in [0.1, 0.15) is 32.1 Å². The van der Waals surface area contributed by atoms with Gasteiger partial charge < -0.3 is 20.1 Å². The van der Waals surface area contributed by atoms with Crippen LogP contribution in [-0.4, -0.2) is 44.8 Å². The highest BCUT2D eigenvalue weighted by atomic mass is 16.6. The minimum atomic E-state index is -0.751. The van der Waals surface area contributed by atoms with E-state index in [4.69, 9.17) is 4.74 Å². The Hall–Kier alpha value is -0.160. The Morgan fingerprint density at radius 3 is 1.93 bits per heavy atom. The highest BCUT2D eigenvalue weighted by Gasteiger charge is 2.82. The van der Waals surface area contributed by atoms with Gasteiger partial charge in [-0.3, -0.25) is 0 Å². The average Bonchev–Trinajstić information content (AvgIpc) is 3.00. The fourth-order valence-corrected chi connectivity index (χ4v) is 3.61. The SMILES string of the molecule is O[C@@H]1[C@@H](O)C2(CC2)[C@@]2(C[C@@H]2O)OC12CC2. The molecule has 4 atom stereocenters. The van der Waals surface area contributed by atoms with Crippen LogP contribution in [0.15, 0.2) is 0 Å². The first kappa shape index (κ1) is 8.93. The zero-order valence-electron chi connectivity index (χ0n) is 8.52. The van der Waals surface area contributed by atoms with Crippen molar-refractivity contribution in [3.63, 3.8) is 0 Å². The van der Waals surface area contributed by atoms with Crippen LogP contribution in [0.4, 0.5) is 0 Å². The van der Waals surface area contributed by atoms with Crippen LogP contribution in [0.2, 0.25) is 0 Å². The minimum Gasteiger partial charge on any atom is -0.390 e. The van der Waals surface area contributed by atoms with Gasteiger partial charge in [0, 0.05) is 11.8 Å². The molecule has 4 nitrogen and oxygen atoms in total. The summed E-state index contributed by atoms with van der Waals surface area (Å²) in [5.41, 5.74) is -1.37. The molecule has 0 unspecified atom stereocenters. The van der Waals surface area contributed by atoms with Crippen molar-refractivity contribution in [1.82, 2.24) is 0 Å². The zero-order chi connectivity index (χ0) is 10.5. The number of ether oxygens (including phenoxy) is 1. The molecule has 0 aromatic heterocycles. The topological polar surface area (TPSA) is 69.9 Å². The van der Waals surface area contributed by atoms with Crippen molar-refractivity contribution in [2.75, 3.05) is 0 Å². The molecular formula is C11H16O4. The lowest BCUT2D eigenvalue weighted by Gasteiger charge is -2.45. The lowest BCUT2D eigenvalue weighted by molar-refractivity contribution is -0.243. The summed E-state index contributed by atoms with van der Waals surface area (Å²) in [6.07, 6.45) is 2.13. The Morgan fingerprint density at radius 2 is 1.53 bits per heavy atom. The Bertz CT molecular complexity index is 333. The monoisotopic (exact) mass is 212 g/mol. The van der Waals surface area contributed by atoms with E-state index in [1.54, 1.807) is 0 Å². The second-order valence-corrected chi connectivity index (χ2v) is 5.82. The molecule has 0 aromatic carbocycles. The lowest BCUT2D eigenvalue weighted by Crippen LogP contribution is -2.59. The van der Waals surface area contributed by atoms with Gasteiger partial charge in [0.05, 0.1) is 17.8 Å². The van der Waals surface area contributed by atoms with Gasteiger partial charge in [-0.15, -0.1) is 0 Å². The maximum Gasteiger partial charge on any atom is 0.109 e. The molecule has 0 aromatic rings. The van der Waals surface area contributed by atoms with E-state index in [9.17, 15) is 15.3 Å². The summed E-state index contributed by atoms with van der Waals surface area (Å²) >= 11 is 0. The van der Waals surface area contributed by atoms with E-state index >= 15 is 0 Å². The molecule has 1 saturated heterocycles. The van der Waals surface area contributed by atoms with Gasteiger partial charge in [0.15, 0.2) is 0 Å². The number of rotatable bonds is 0. The van der Waals surface area contributed by atoms with Gasteiger partial charge in [-0.05, 0) is 25.7 Å². The first-order chi connectivity index (χ1) is 7.06. The van der Waals surface area contributed by atoms with Crippen molar-refractivity contribution in [2.24, 2.45) is 5.41 Å². The highest BCUT2D eigenvalue weighted by Crippen LogP contribution is 2.74. The fourth-order valence-electron chi connectivity index (χ4n) is 3.61. The van der Waals surface area contributed by atoms with Gasteiger partial charge in [0.1, 0.15) is 11.7 Å². The van der Waals surface area contributed by atoms with Crippen LogP contribution >= 0.6 is 0 Å². The number of aliphatic hydroxyl groups excluding tert-OH is 3. The third-order valence-corrected chi connectivity index (χ3v) is 5.04. The summed E-state index contributed by atoms with van der Waals surface area (Å²) in [7, 11) is 0. The van der Waals surface area contributed by atoms with Crippen LogP contribution in [0.25, 0.3) is 0 Å². The minimum absolute atomic E-state index is 0.334. The van der Waals surface area contributed by atoms with Crippen molar-refractivity contribution >= 4 is 0 Å². The van der Waals surface area contributed by atoms with Gasteiger partial charge >= 0.3 is 0 Å². The fraction of sp³-hybridized carbons (Fsp3) is 1.00. The molecular weight excluding hydrogens is 196 g/mol. The largest absolute Gasteiger partial charge is 0.390 e. The molecule has 0 amide bonds. The average molecular weight is 212 g/mol. The van der Waals surface area contributed by atoms with Crippen molar-refractivity contribution in [3.8, 4) is 0 Å². The summed E-state index contributed by atoms with van der Waals surface area (Å²) in [4.78, 5) is 0. The van der Waals surface area contributed by atoms with E-state index in [2.05, 4.69) is 0 Å². The molecule has 4 rings (SSSR count). The predicted molar refractivity (Wildman–Crippen MR) is 50.1 cm³/mol. The third kappa shape index (κ3) is 0.781. The van der Waals surface area contributed by atoms with Crippen LogP contribution in [0.5, 0.6) is 0 Å². The molecule has 84 valence electrons. The van der Waals surface area contributed by atoms with E-state index in [1.807, 2.05) is 0 Å². The van der Waals surface area contributed by atoms with E-state index < -0.39 is 29.5 Å². The molecule has 4 aliphatic rings. The van der Waals surface area contributed by atoms with Crippen molar-refractivity contribution in [1.29, 1.82) is 0 Å². The molecule has 4 heteroatoms. The molecule has 1 heterocycles. The summed E-state index contributed by atoms with van der Waals surface area (Å²) in [6, 6.07) is 0. The number of aliphatic hydroxyl groups is 3. The van der Waals surface area contributed by atoms with Gasteiger partial charge in [-0.25, -0.2) is 0 Å². The molecule has 0 bridgehead atoms. The third-order valence-electron chi connectivity index (χ3n) is 5.04.